The summed E-state index contributed by atoms with van der Waals surface area (Å²) in [6.07, 6.45) is 6.28. The van der Waals surface area contributed by atoms with Gasteiger partial charge in [0.1, 0.15) is 0 Å². The molecule has 104 valence electrons. The molecule has 0 spiro atoms. The maximum Gasteiger partial charge on any atom is 0.0300 e. The number of halogens is 1. The molecule has 1 aromatic heterocycles. The molecule has 1 saturated carbocycles. The van der Waals surface area contributed by atoms with Crippen LogP contribution in [0.3, 0.4) is 0 Å². The van der Waals surface area contributed by atoms with E-state index in [9.17, 15) is 0 Å². The number of benzene rings is 1. The van der Waals surface area contributed by atoms with E-state index in [1.165, 1.54) is 34.0 Å². The van der Waals surface area contributed by atoms with Gasteiger partial charge in [0.15, 0.2) is 0 Å². The maximum atomic E-state index is 4.13. The van der Waals surface area contributed by atoms with Crippen molar-refractivity contribution in [1.82, 2.24) is 10.3 Å². The van der Waals surface area contributed by atoms with E-state index >= 15 is 0 Å². The Kier molecular flexibility index (Phi) is 4.18. The third-order valence-electron chi connectivity index (χ3n) is 4.18. The fraction of sp³-hybridized carbons (Fsp3) is 0.353. The van der Waals surface area contributed by atoms with Gasteiger partial charge in [-0.15, -0.1) is 0 Å². The van der Waals surface area contributed by atoms with Crippen LogP contribution in [0, 0.1) is 6.92 Å². The van der Waals surface area contributed by atoms with Gasteiger partial charge in [-0.1, -0.05) is 28.1 Å². The number of nitrogens with one attached hydrogen (secondary N) is 1. The van der Waals surface area contributed by atoms with Gasteiger partial charge in [-0.25, -0.2) is 0 Å². The van der Waals surface area contributed by atoms with E-state index < -0.39 is 0 Å². The van der Waals surface area contributed by atoms with Crippen molar-refractivity contribution in [2.24, 2.45) is 0 Å². The van der Waals surface area contributed by atoms with Crippen molar-refractivity contribution in [2.75, 3.05) is 0 Å². The van der Waals surface area contributed by atoms with Gasteiger partial charge in [0.2, 0.25) is 0 Å². The highest BCUT2D eigenvalue weighted by Crippen LogP contribution is 2.37. The first-order valence-corrected chi connectivity index (χ1v) is 7.90. The number of hydrogen-bond donors (Lipinski definition) is 1. The highest BCUT2D eigenvalue weighted by molar-refractivity contribution is 9.10. The molecule has 0 atom stereocenters. The molecule has 1 fully saturated rings. The topological polar surface area (TPSA) is 24.9 Å². The minimum absolute atomic E-state index is 0.645. The molecule has 1 N–H and O–H groups in total. The van der Waals surface area contributed by atoms with Crippen LogP contribution >= 0.6 is 15.9 Å². The summed E-state index contributed by atoms with van der Waals surface area (Å²) in [6, 6.07) is 11.4. The number of rotatable bonds is 4. The van der Waals surface area contributed by atoms with Gasteiger partial charge in [-0.2, -0.15) is 0 Å². The lowest BCUT2D eigenvalue weighted by atomic mass is 9.76. The molecule has 2 aromatic rings. The van der Waals surface area contributed by atoms with E-state index in [0.717, 1.165) is 6.54 Å². The number of pyridine rings is 1. The average Bonchev–Trinajstić information content (AvgIpc) is 2.39. The van der Waals surface area contributed by atoms with Crippen molar-refractivity contribution >= 4 is 15.9 Å². The summed E-state index contributed by atoms with van der Waals surface area (Å²) in [5, 5.41) is 3.65. The van der Waals surface area contributed by atoms with Gasteiger partial charge in [0, 0.05) is 29.5 Å². The Morgan fingerprint density at radius 1 is 1.30 bits per heavy atom. The highest BCUT2D eigenvalue weighted by Gasteiger charge is 2.29. The molecule has 1 aromatic carbocycles. The Morgan fingerprint density at radius 2 is 2.15 bits per heavy atom. The van der Waals surface area contributed by atoms with Crippen molar-refractivity contribution < 1.29 is 0 Å². The Morgan fingerprint density at radius 3 is 2.90 bits per heavy atom. The van der Waals surface area contributed by atoms with E-state index in [2.05, 4.69) is 63.5 Å². The van der Waals surface area contributed by atoms with Crippen LogP contribution in [0.2, 0.25) is 0 Å². The second kappa shape index (κ2) is 6.06. The van der Waals surface area contributed by atoms with E-state index in [-0.39, 0.29) is 0 Å². The van der Waals surface area contributed by atoms with E-state index in [1.54, 1.807) is 0 Å². The van der Waals surface area contributed by atoms with Crippen molar-refractivity contribution in [3.63, 3.8) is 0 Å². The molecule has 0 aliphatic heterocycles. The first-order chi connectivity index (χ1) is 9.72. The Bertz CT molecular complexity index is 591. The molecule has 0 saturated heterocycles. The third-order valence-corrected chi connectivity index (χ3v) is 4.67. The van der Waals surface area contributed by atoms with E-state index in [1.807, 2.05) is 12.4 Å². The van der Waals surface area contributed by atoms with Crippen LogP contribution in [0.15, 0.2) is 47.2 Å². The van der Waals surface area contributed by atoms with Crippen LogP contribution in [-0.2, 0) is 6.54 Å². The van der Waals surface area contributed by atoms with Crippen molar-refractivity contribution in [3.05, 3.63) is 63.9 Å². The smallest absolute Gasteiger partial charge is 0.0300 e. The summed E-state index contributed by atoms with van der Waals surface area (Å²) in [7, 11) is 0. The number of aromatic nitrogens is 1. The molecule has 3 rings (SSSR count). The molecule has 3 heteroatoms. The Hall–Kier alpha value is -1.19. The molecular formula is C17H19BrN2. The predicted octanol–water partition coefficient (Wildman–Crippen LogP) is 4.19. The molecule has 0 unspecified atom stereocenters. The van der Waals surface area contributed by atoms with Crippen LogP contribution < -0.4 is 5.32 Å². The molecule has 0 radical (unpaired) electrons. The third kappa shape index (κ3) is 3.10. The summed E-state index contributed by atoms with van der Waals surface area (Å²) < 4.78 is 1.18. The molecule has 2 nitrogen and oxygen atoms in total. The normalized spacial score (nSPS) is 21.5. The first kappa shape index (κ1) is 13.8. The van der Waals surface area contributed by atoms with Gasteiger partial charge >= 0.3 is 0 Å². The number of nitrogens with zero attached hydrogens (tertiary/aromatic N) is 1. The van der Waals surface area contributed by atoms with Crippen LogP contribution in [-0.4, -0.2) is 11.0 Å². The van der Waals surface area contributed by atoms with E-state index in [4.69, 9.17) is 0 Å². The van der Waals surface area contributed by atoms with Crippen molar-refractivity contribution in [1.29, 1.82) is 0 Å². The Balaban J connectivity index is 1.50. The zero-order valence-electron chi connectivity index (χ0n) is 11.6. The van der Waals surface area contributed by atoms with Crippen molar-refractivity contribution in [3.8, 4) is 0 Å². The lowest BCUT2D eigenvalue weighted by Crippen LogP contribution is -2.39. The highest BCUT2D eigenvalue weighted by atomic mass is 79.9. The standard InChI is InChI=1S/C17H19BrN2/c1-12-10-19-6-5-14(12)11-20-17-8-15(9-17)13-3-2-4-16(18)7-13/h2-7,10,15,17,20H,8-9,11H2,1H3. The minimum atomic E-state index is 0.645. The zero-order chi connectivity index (χ0) is 13.9. The summed E-state index contributed by atoms with van der Waals surface area (Å²) in [4.78, 5) is 4.13. The van der Waals surface area contributed by atoms with Crippen LogP contribution in [0.5, 0.6) is 0 Å². The minimum Gasteiger partial charge on any atom is -0.310 e. The second-order valence-electron chi connectivity index (χ2n) is 5.60. The van der Waals surface area contributed by atoms with Gasteiger partial charge < -0.3 is 5.32 Å². The van der Waals surface area contributed by atoms with Crippen LogP contribution in [0.1, 0.15) is 35.4 Å². The summed E-state index contributed by atoms with van der Waals surface area (Å²) in [6.45, 7) is 3.07. The van der Waals surface area contributed by atoms with Crippen molar-refractivity contribution in [2.45, 2.75) is 38.3 Å². The number of aryl methyl sites for hydroxylation is 1. The molecule has 0 bridgehead atoms. The lowest BCUT2D eigenvalue weighted by Gasteiger charge is -2.36. The maximum absolute atomic E-state index is 4.13. The number of hydrogen-bond acceptors (Lipinski definition) is 2. The van der Waals surface area contributed by atoms with E-state index in [0.29, 0.717) is 12.0 Å². The molecule has 1 aliphatic carbocycles. The molecular weight excluding hydrogens is 312 g/mol. The molecule has 0 amide bonds. The van der Waals surface area contributed by atoms with Gasteiger partial charge in [0.25, 0.3) is 0 Å². The second-order valence-corrected chi connectivity index (χ2v) is 6.52. The first-order valence-electron chi connectivity index (χ1n) is 7.10. The predicted molar refractivity (Wildman–Crippen MR) is 85.7 cm³/mol. The lowest BCUT2D eigenvalue weighted by molar-refractivity contribution is 0.289. The Labute approximate surface area is 128 Å². The monoisotopic (exact) mass is 330 g/mol. The molecule has 1 heterocycles. The van der Waals surface area contributed by atoms with Gasteiger partial charge in [-0.05, 0) is 60.6 Å². The summed E-state index contributed by atoms with van der Waals surface area (Å²) in [5.74, 6) is 0.712. The zero-order valence-corrected chi connectivity index (χ0v) is 13.2. The fourth-order valence-electron chi connectivity index (χ4n) is 2.77. The average molecular weight is 331 g/mol. The largest absolute Gasteiger partial charge is 0.310 e. The summed E-state index contributed by atoms with van der Waals surface area (Å²) >= 11 is 3.55. The summed E-state index contributed by atoms with van der Waals surface area (Å²) in [5.41, 5.74) is 4.08. The van der Waals surface area contributed by atoms with Gasteiger partial charge in [0.05, 0.1) is 0 Å². The SMILES string of the molecule is Cc1cnccc1CNC1CC(c2cccc(Br)c2)C1. The fourth-order valence-corrected chi connectivity index (χ4v) is 3.19. The molecule has 1 aliphatic rings. The van der Waals surface area contributed by atoms with Gasteiger partial charge in [-0.3, -0.25) is 4.98 Å². The van der Waals surface area contributed by atoms with Crippen LogP contribution in [0.25, 0.3) is 0 Å². The molecule has 20 heavy (non-hydrogen) atoms. The quantitative estimate of drug-likeness (QED) is 0.909. The van der Waals surface area contributed by atoms with Crippen LogP contribution in [0.4, 0.5) is 0 Å².